The lowest BCUT2D eigenvalue weighted by Gasteiger charge is -2.25. The number of nitrogens with zero attached hydrogens (tertiary/aromatic N) is 2. The summed E-state index contributed by atoms with van der Waals surface area (Å²) in [6.07, 6.45) is 6.01. The zero-order valence-corrected chi connectivity index (χ0v) is 15.6. The number of carbonyl (C=O) groups is 1. The second-order valence-electron chi connectivity index (χ2n) is 5.65. The molecule has 0 saturated carbocycles. The van der Waals surface area contributed by atoms with E-state index < -0.39 is 34.4 Å². The Balaban J connectivity index is 2.42. The highest BCUT2D eigenvalue weighted by Gasteiger charge is 2.62. The average molecular weight is 402 g/mol. The van der Waals surface area contributed by atoms with Gasteiger partial charge < -0.3 is 9.67 Å². The highest BCUT2D eigenvalue weighted by Crippen LogP contribution is 2.59. The van der Waals surface area contributed by atoms with Crippen molar-refractivity contribution in [2.75, 3.05) is 12.5 Å². The van der Waals surface area contributed by atoms with E-state index in [4.69, 9.17) is 0 Å². The molecule has 0 bridgehead atoms. The first-order chi connectivity index (χ1) is 11.5. The lowest BCUT2D eigenvalue weighted by molar-refractivity contribution is 0.0696. The van der Waals surface area contributed by atoms with Gasteiger partial charge in [-0.3, -0.25) is 4.98 Å². The normalized spacial score (nSPS) is 19.5. The fourth-order valence-corrected chi connectivity index (χ4v) is 9.41. The number of pyridine rings is 1. The van der Waals surface area contributed by atoms with Gasteiger partial charge in [0.25, 0.3) is 3.41 Å². The molecule has 25 heavy (non-hydrogen) atoms. The van der Waals surface area contributed by atoms with E-state index in [1.165, 1.54) is 29.2 Å². The van der Waals surface area contributed by atoms with Crippen LogP contribution in [-0.4, -0.2) is 50.0 Å². The molecule has 0 aliphatic carbocycles. The topological polar surface area (TPSA) is 123 Å². The van der Waals surface area contributed by atoms with Crippen LogP contribution in [0.15, 0.2) is 36.8 Å². The number of carboxylic acids is 1. The zero-order valence-electron chi connectivity index (χ0n) is 13.1. The summed E-state index contributed by atoms with van der Waals surface area (Å²) in [6, 6.07) is 4.53. The van der Waals surface area contributed by atoms with Crippen molar-refractivity contribution in [1.29, 1.82) is 0 Å². The molecule has 8 nitrogen and oxygen atoms in total. The van der Waals surface area contributed by atoms with Crippen LogP contribution >= 0.6 is 11.8 Å². The maximum Gasteiger partial charge on any atom is 0.337 e. The second kappa shape index (κ2) is 5.58. The monoisotopic (exact) mass is 402 g/mol. The predicted octanol–water partition coefficient (Wildman–Crippen LogP) is 1.07. The SMILES string of the molecule is CS(=O)(=O)C1(S(C)(=O)=O)SC(c2cccnc2)n2ccc(C(=O)O)c21. The Bertz CT molecular complexity index is 1030. The molecule has 0 fully saturated rings. The number of aromatic nitrogens is 2. The van der Waals surface area contributed by atoms with Crippen molar-refractivity contribution in [2.45, 2.75) is 8.78 Å². The van der Waals surface area contributed by atoms with Crippen LogP contribution in [0.4, 0.5) is 0 Å². The quantitative estimate of drug-likeness (QED) is 0.806. The number of aromatic carboxylic acids is 1. The van der Waals surface area contributed by atoms with E-state index in [9.17, 15) is 26.7 Å². The van der Waals surface area contributed by atoms with Gasteiger partial charge in [0, 0.05) is 36.7 Å². The maximum atomic E-state index is 12.6. The summed E-state index contributed by atoms with van der Waals surface area (Å²) < 4.78 is 49.3. The van der Waals surface area contributed by atoms with Crippen molar-refractivity contribution in [3.63, 3.8) is 0 Å². The molecule has 11 heteroatoms. The molecule has 0 radical (unpaired) electrons. The van der Waals surface area contributed by atoms with Crippen molar-refractivity contribution < 1.29 is 26.7 Å². The standard InChI is InChI=1S/C14H14N2O6S3/c1-24(19,20)14(25(2,21)22)11-10(13(17)18)5-7-16(11)12(23-14)9-4-3-6-15-8-9/h3-8,12H,1-2H3,(H,17,18). The molecule has 1 N–H and O–H groups in total. The minimum absolute atomic E-state index is 0.260. The average Bonchev–Trinajstić information content (AvgIpc) is 3.04. The number of hydrogen-bond donors (Lipinski definition) is 1. The third-order valence-corrected chi connectivity index (χ3v) is 11.7. The first-order valence-corrected chi connectivity index (χ1v) is 11.6. The van der Waals surface area contributed by atoms with Crippen LogP contribution in [0.5, 0.6) is 0 Å². The Morgan fingerprint density at radius 1 is 1.24 bits per heavy atom. The Kier molecular flexibility index (Phi) is 4.01. The Labute approximate surface area is 148 Å². The van der Waals surface area contributed by atoms with Crippen LogP contribution in [-0.2, 0) is 23.1 Å². The summed E-state index contributed by atoms with van der Waals surface area (Å²) in [5.41, 5.74) is -0.0472. The molecule has 3 heterocycles. The third-order valence-electron chi connectivity index (χ3n) is 3.90. The molecule has 2 aromatic heterocycles. The molecule has 0 amide bonds. The van der Waals surface area contributed by atoms with Crippen molar-refractivity contribution >= 4 is 37.4 Å². The van der Waals surface area contributed by atoms with Gasteiger partial charge >= 0.3 is 5.97 Å². The molecule has 0 aromatic carbocycles. The smallest absolute Gasteiger partial charge is 0.337 e. The van der Waals surface area contributed by atoms with E-state index in [1.807, 2.05) is 0 Å². The van der Waals surface area contributed by atoms with Crippen molar-refractivity contribution in [3.8, 4) is 0 Å². The van der Waals surface area contributed by atoms with Gasteiger partial charge in [0.2, 0.25) is 0 Å². The molecule has 1 aliphatic rings. The van der Waals surface area contributed by atoms with Gasteiger partial charge in [-0.1, -0.05) is 17.8 Å². The van der Waals surface area contributed by atoms with E-state index in [0.717, 1.165) is 12.5 Å². The number of fused-ring (bicyclic) bond motifs is 1. The number of rotatable bonds is 4. The lowest BCUT2D eigenvalue weighted by Crippen LogP contribution is -2.39. The Morgan fingerprint density at radius 3 is 2.36 bits per heavy atom. The van der Waals surface area contributed by atoms with Gasteiger partial charge in [-0.25, -0.2) is 21.6 Å². The highest BCUT2D eigenvalue weighted by atomic mass is 32.3. The fourth-order valence-electron chi connectivity index (χ4n) is 2.95. The second-order valence-corrected chi connectivity index (χ2v) is 12.0. The molecule has 3 rings (SSSR count). The number of hydrogen-bond acceptors (Lipinski definition) is 7. The molecule has 1 aliphatic heterocycles. The van der Waals surface area contributed by atoms with Gasteiger partial charge in [-0.05, 0) is 12.1 Å². The molecular weight excluding hydrogens is 388 g/mol. The van der Waals surface area contributed by atoms with Crippen molar-refractivity contribution in [3.05, 3.63) is 53.6 Å². The minimum atomic E-state index is -4.23. The fraction of sp³-hybridized carbons (Fsp3) is 0.286. The van der Waals surface area contributed by atoms with Crippen LogP contribution < -0.4 is 0 Å². The van der Waals surface area contributed by atoms with Crippen LogP contribution in [0.25, 0.3) is 0 Å². The van der Waals surface area contributed by atoms with E-state index >= 15 is 0 Å². The summed E-state index contributed by atoms with van der Waals surface area (Å²) in [7, 11) is -8.46. The van der Waals surface area contributed by atoms with Crippen LogP contribution in [0, 0.1) is 0 Å². The Hall–Kier alpha value is -1.85. The van der Waals surface area contributed by atoms with Crippen LogP contribution in [0.3, 0.4) is 0 Å². The summed E-state index contributed by atoms with van der Waals surface area (Å²) in [5, 5.41) is 8.70. The van der Waals surface area contributed by atoms with Crippen LogP contribution in [0.2, 0.25) is 0 Å². The lowest BCUT2D eigenvalue weighted by atomic mass is 10.2. The molecule has 0 spiro atoms. The highest BCUT2D eigenvalue weighted by molar-refractivity contribution is 8.27. The van der Waals surface area contributed by atoms with Gasteiger partial charge in [-0.15, -0.1) is 0 Å². The number of carboxylic acid groups (broad SMARTS) is 1. The minimum Gasteiger partial charge on any atom is -0.478 e. The van der Waals surface area contributed by atoms with Gasteiger partial charge in [-0.2, -0.15) is 0 Å². The zero-order chi connectivity index (χ0) is 18.6. The van der Waals surface area contributed by atoms with E-state index in [2.05, 4.69) is 4.98 Å². The first-order valence-electron chi connectivity index (χ1n) is 6.92. The summed E-state index contributed by atoms with van der Waals surface area (Å²) in [5.74, 6) is -1.39. The van der Waals surface area contributed by atoms with Crippen LogP contribution in [0.1, 0.15) is 27.0 Å². The maximum absolute atomic E-state index is 12.6. The number of sulfone groups is 2. The summed E-state index contributed by atoms with van der Waals surface area (Å²) in [4.78, 5) is 15.6. The molecule has 134 valence electrons. The van der Waals surface area contributed by atoms with Gasteiger partial charge in [0.15, 0.2) is 19.7 Å². The summed E-state index contributed by atoms with van der Waals surface area (Å²) >= 11 is 0.676. The van der Waals surface area contributed by atoms with E-state index in [1.54, 1.807) is 12.1 Å². The summed E-state index contributed by atoms with van der Waals surface area (Å²) in [6.45, 7) is 0. The van der Waals surface area contributed by atoms with Gasteiger partial charge in [0.05, 0.1) is 11.3 Å². The predicted molar refractivity (Wildman–Crippen MR) is 92.7 cm³/mol. The molecule has 1 unspecified atom stereocenters. The van der Waals surface area contributed by atoms with E-state index in [0.29, 0.717) is 17.3 Å². The molecular formula is C14H14N2O6S3. The molecule has 0 saturated heterocycles. The van der Waals surface area contributed by atoms with Crippen molar-refractivity contribution in [2.24, 2.45) is 0 Å². The third kappa shape index (κ3) is 2.49. The van der Waals surface area contributed by atoms with E-state index in [-0.39, 0.29) is 11.3 Å². The number of thioether (sulfide) groups is 1. The molecule has 1 atom stereocenters. The first kappa shape index (κ1) is 18.0. The van der Waals surface area contributed by atoms with Crippen molar-refractivity contribution in [1.82, 2.24) is 9.55 Å². The van der Waals surface area contributed by atoms with Gasteiger partial charge in [0.1, 0.15) is 5.37 Å². The molecule has 2 aromatic rings. The Morgan fingerprint density at radius 2 is 1.88 bits per heavy atom. The largest absolute Gasteiger partial charge is 0.478 e.